The van der Waals surface area contributed by atoms with Crippen LogP contribution in [0.15, 0.2) is 59.5 Å². The third kappa shape index (κ3) is 7.20. The van der Waals surface area contributed by atoms with Gasteiger partial charge in [0.25, 0.3) is 5.56 Å². The average Bonchev–Trinajstić information content (AvgIpc) is 3.01. The second-order valence-electron chi connectivity index (χ2n) is 12.7. The molecule has 8 nitrogen and oxygen atoms in total. The van der Waals surface area contributed by atoms with E-state index in [2.05, 4.69) is 5.32 Å². The van der Waals surface area contributed by atoms with Gasteiger partial charge in [0, 0.05) is 54.7 Å². The minimum absolute atomic E-state index is 0.00121. The third-order valence-corrected chi connectivity index (χ3v) is 9.00. The van der Waals surface area contributed by atoms with E-state index in [9.17, 15) is 41.4 Å². The van der Waals surface area contributed by atoms with Gasteiger partial charge in [-0.05, 0) is 78.9 Å². The van der Waals surface area contributed by atoms with Crippen LogP contribution in [-0.2, 0) is 22.2 Å². The summed E-state index contributed by atoms with van der Waals surface area (Å²) < 4.78 is 109. The molecule has 3 aromatic carbocycles. The molecule has 1 amide bonds. The van der Waals surface area contributed by atoms with Gasteiger partial charge in [-0.2, -0.15) is 13.2 Å². The molecule has 0 spiro atoms. The molecule has 3 heterocycles. The van der Waals surface area contributed by atoms with E-state index in [0.717, 1.165) is 30.5 Å². The number of carbonyl (C=O) groups excluding carboxylic acids is 1. The highest BCUT2D eigenvalue weighted by Crippen LogP contribution is 2.41. The lowest BCUT2D eigenvalue weighted by Crippen LogP contribution is -2.49. The van der Waals surface area contributed by atoms with Gasteiger partial charge in [-0.25, -0.2) is 17.6 Å². The Morgan fingerprint density at radius 2 is 1.71 bits per heavy atom. The molecule has 6 rings (SSSR count). The number of alkyl halides is 4. The topological polar surface area (TPSA) is 101 Å². The number of rotatable bonds is 6. The van der Waals surface area contributed by atoms with E-state index in [0.29, 0.717) is 10.1 Å². The number of pyridine rings is 1. The maximum absolute atomic E-state index is 15.9. The van der Waals surface area contributed by atoms with E-state index in [1.165, 1.54) is 25.1 Å². The van der Waals surface area contributed by atoms with Crippen molar-refractivity contribution in [3.63, 3.8) is 0 Å². The number of hydrogen-bond donors (Lipinski definition) is 2. The number of ether oxygens (including phenoxy) is 1. The number of fused-ring (bicyclic) bond motifs is 6. The van der Waals surface area contributed by atoms with Crippen LogP contribution in [0.25, 0.3) is 11.1 Å². The van der Waals surface area contributed by atoms with E-state index >= 15 is 8.78 Å². The lowest BCUT2D eigenvalue weighted by molar-refractivity contribution is -0.139. The van der Waals surface area contributed by atoms with Crippen molar-refractivity contribution in [1.82, 2.24) is 14.8 Å². The highest BCUT2D eigenvalue weighted by atomic mass is 19.4. The van der Waals surface area contributed by atoms with Crippen LogP contribution in [0.4, 0.5) is 30.7 Å². The Bertz CT molecular complexity index is 2110. The number of carboxylic acid groups (broad SMARTS) is 1. The van der Waals surface area contributed by atoms with E-state index in [4.69, 9.17) is 4.74 Å². The summed E-state index contributed by atoms with van der Waals surface area (Å²) in [6.07, 6.45) is -6.61. The average molecular weight is 718 g/mol. The molecular formula is C36H30F7N3O5. The van der Waals surface area contributed by atoms with Gasteiger partial charge in [0.05, 0.1) is 18.0 Å². The Kier molecular flexibility index (Phi) is 9.44. The second-order valence-corrected chi connectivity index (χ2v) is 12.7. The molecule has 0 aliphatic carbocycles. The van der Waals surface area contributed by atoms with Crippen LogP contribution in [0.5, 0.6) is 11.5 Å². The first-order valence-corrected chi connectivity index (χ1v) is 15.8. The van der Waals surface area contributed by atoms with Crippen molar-refractivity contribution < 1.29 is 50.2 Å². The van der Waals surface area contributed by atoms with Gasteiger partial charge in [0.15, 0.2) is 0 Å². The lowest BCUT2D eigenvalue weighted by Gasteiger charge is -2.34. The molecular weight excluding hydrogens is 687 g/mol. The standard InChI is InChI=1S/C36H30F7N3O5/c1-17-8-21(37)10-29-32(17)20-7-18(2)33(40)25(9-20)28(13-31(48)49)44-35(50)34(24-11-23(51-29)3-4-27(24)39)46-14-19(5-6-45-15-22(38)16-45)26(12-30(46)47)36(41,42)43/h3-4,7-12,14,22,28,34H,5-6,13,15-16H2,1-2H3,(H,44,50)(H,48,49). The van der Waals surface area contributed by atoms with Crippen molar-refractivity contribution in [1.29, 1.82) is 0 Å². The number of amides is 1. The maximum Gasteiger partial charge on any atom is 0.416 e. The number of carbonyl (C=O) groups is 2. The van der Waals surface area contributed by atoms with Gasteiger partial charge in [0.2, 0.25) is 5.91 Å². The second kappa shape index (κ2) is 13.5. The lowest BCUT2D eigenvalue weighted by atomic mass is 9.92. The Morgan fingerprint density at radius 3 is 2.37 bits per heavy atom. The maximum atomic E-state index is 15.9. The number of aromatic nitrogens is 1. The molecule has 51 heavy (non-hydrogen) atoms. The molecule has 2 unspecified atom stereocenters. The summed E-state index contributed by atoms with van der Waals surface area (Å²) in [7, 11) is 0. The van der Waals surface area contributed by atoms with E-state index in [-0.39, 0.29) is 65.9 Å². The van der Waals surface area contributed by atoms with Crippen molar-refractivity contribution >= 4 is 11.9 Å². The minimum atomic E-state index is -5.01. The Hall–Kier alpha value is -5.18. The van der Waals surface area contributed by atoms with Crippen molar-refractivity contribution in [3.05, 3.63) is 116 Å². The monoisotopic (exact) mass is 717 g/mol. The largest absolute Gasteiger partial charge is 0.481 e. The van der Waals surface area contributed by atoms with Crippen LogP contribution >= 0.6 is 0 Å². The highest BCUT2D eigenvalue weighted by Gasteiger charge is 2.38. The molecule has 15 heteroatoms. The van der Waals surface area contributed by atoms with Crippen molar-refractivity contribution in [2.24, 2.45) is 0 Å². The van der Waals surface area contributed by atoms with Gasteiger partial charge in [-0.1, -0.05) is 0 Å². The normalized spacial score (nSPS) is 18.0. The molecule has 2 aliphatic heterocycles. The van der Waals surface area contributed by atoms with Crippen LogP contribution in [0.1, 0.15) is 51.9 Å². The fraction of sp³-hybridized carbons (Fsp3) is 0.306. The summed E-state index contributed by atoms with van der Waals surface area (Å²) in [5.41, 5.74) is -3.13. The Balaban J connectivity index is 1.59. The van der Waals surface area contributed by atoms with E-state index in [1.54, 1.807) is 11.8 Å². The molecule has 1 fully saturated rings. The predicted octanol–water partition coefficient (Wildman–Crippen LogP) is 6.79. The Labute approximate surface area is 286 Å². The van der Waals surface area contributed by atoms with Crippen molar-refractivity contribution in [2.45, 2.75) is 51.1 Å². The zero-order chi connectivity index (χ0) is 36.9. The smallest absolute Gasteiger partial charge is 0.416 e. The van der Waals surface area contributed by atoms with Crippen LogP contribution in [0.2, 0.25) is 0 Å². The minimum Gasteiger partial charge on any atom is -0.481 e. The van der Waals surface area contributed by atoms with Gasteiger partial charge in [0.1, 0.15) is 41.2 Å². The number of hydrogen-bond acceptors (Lipinski definition) is 5. The molecule has 0 saturated carbocycles. The first-order chi connectivity index (χ1) is 24.0. The van der Waals surface area contributed by atoms with Gasteiger partial charge >= 0.3 is 12.1 Å². The van der Waals surface area contributed by atoms with Crippen LogP contribution in [0, 0.1) is 31.3 Å². The molecule has 2 atom stereocenters. The van der Waals surface area contributed by atoms with Gasteiger partial charge < -0.3 is 15.2 Å². The summed E-state index contributed by atoms with van der Waals surface area (Å²) >= 11 is 0. The molecule has 2 aliphatic rings. The fourth-order valence-corrected chi connectivity index (χ4v) is 6.59. The molecule has 268 valence electrons. The number of carboxylic acids is 1. The number of nitrogens with one attached hydrogen (secondary N) is 1. The summed E-state index contributed by atoms with van der Waals surface area (Å²) in [6.45, 7) is 2.91. The van der Waals surface area contributed by atoms with E-state index < -0.39 is 82.4 Å². The first kappa shape index (κ1) is 35.6. The highest BCUT2D eigenvalue weighted by molar-refractivity contribution is 5.85. The zero-order valence-corrected chi connectivity index (χ0v) is 27.1. The fourth-order valence-electron chi connectivity index (χ4n) is 6.59. The summed E-state index contributed by atoms with van der Waals surface area (Å²) in [6, 6.07) is 4.47. The molecule has 1 aromatic heterocycles. The van der Waals surface area contributed by atoms with Crippen molar-refractivity contribution in [2.75, 3.05) is 19.6 Å². The van der Waals surface area contributed by atoms with Crippen molar-refractivity contribution in [3.8, 4) is 22.6 Å². The van der Waals surface area contributed by atoms with Crippen LogP contribution < -0.4 is 15.6 Å². The van der Waals surface area contributed by atoms with Gasteiger partial charge in [-0.3, -0.25) is 23.9 Å². The van der Waals surface area contributed by atoms with E-state index in [1.807, 2.05) is 0 Å². The van der Waals surface area contributed by atoms with Crippen LogP contribution in [0.3, 0.4) is 0 Å². The number of nitrogens with zero attached hydrogens (tertiary/aromatic N) is 2. The summed E-state index contributed by atoms with van der Waals surface area (Å²) in [5, 5.41) is 12.2. The number of benzene rings is 3. The number of aliphatic carboxylic acids is 1. The first-order valence-electron chi connectivity index (χ1n) is 15.8. The predicted molar refractivity (Wildman–Crippen MR) is 170 cm³/mol. The molecule has 4 bridgehead atoms. The number of aryl methyl sites for hydroxylation is 2. The molecule has 1 saturated heterocycles. The van der Waals surface area contributed by atoms with Gasteiger partial charge in [-0.15, -0.1) is 0 Å². The molecule has 0 radical (unpaired) electrons. The summed E-state index contributed by atoms with van der Waals surface area (Å²) in [4.78, 5) is 41.4. The molecule has 4 aromatic rings. The zero-order valence-electron chi connectivity index (χ0n) is 27.1. The van der Waals surface area contributed by atoms with Crippen LogP contribution in [-0.4, -0.2) is 52.3 Å². The third-order valence-electron chi connectivity index (χ3n) is 9.00. The summed E-state index contributed by atoms with van der Waals surface area (Å²) in [5.74, 6) is -5.73. The SMILES string of the molecule is Cc1cc2cc(c1F)C(CC(=O)O)NC(=O)C(n1cc(CCN3CC(F)C3)c(C(F)(F)F)cc1=O)c1cc(ccc1F)Oc1cc(F)cc(C)c1-2. The quantitative estimate of drug-likeness (QED) is 0.213. The Morgan fingerprint density at radius 1 is 0.980 bits per heavy atom. The number of halogens is 7. The number of likely N-dealkylation sites (tertiary alicyclic amines) is 1. The molecule has 2 N–H and O–H groups in total.